The lowest BCUT2D eigenvalue weighted by Gasteiger charge is -2.43. The Bertz CT molecular complexity index is 501. The minimum absolute atomic E-state index is 0.0438. The zero-order valence-corrected chi connectivity index (χ0v) is 15.6. The van der Waals surface area contributed by atoms with E-state index in [1.165, 1.54) is 12.0 Å². The summed E-state index contributed by atoms with van der Waals surface area (Å²) < 4.78 is 9.95. The Balaban J connectivity index is 1.76. The number of esters is 2. The van der Waals surface area contributed by atoms with Crippen LogP contribution in [0.15, 0.2) is 0 Å². The van der Waals surface area contributed by atoms with Crippen molar-refractivity contribution < 1.29 is 23.9 Å². The molecule has 2 rings (SSSR count). The minimum atomic E-state index is -0.813. The number of hydrazine groups is 1. The minimum Gasteiger partial charge on any atom is -0.462 e. The number of nitrogens with zero attached hydrogens (tertiary/aromatic N) is 3. The maximum absolute atomic E-state index is 12.2. The third-order valence-corrected chi connectivity index (χ3v) is 4.51. The van der Waals surface area contributed by atoms with E-state index >= 15 is 0 Å². The molecule has 8 nitrogen and oxygen atoms in total. The number of carbonyl (C=O) groups is 3. The molecule has 0 aromatic heterocycles. The molecule has 2 aliphatic heterocycles. The van der Waals surface area contributed by atoms with Gasteiger partial charge in [-0.1, -0.05) is 0 Å². The SMILES string of the molecule is COC(=O)C(=O)N1CCN(N2CCC(C(=O)OC(C)(C)C)CC2)CC1. The van der Waals surface area contributed by atoms with E-state index in [1.54, 1.807) is 0 Å². The lowest BCUT2D eigenvalue weighted by Crippen LogP contribution is -2.57. The van der Waals surface area contributed by atoms with Crippen molar-refractivity contribution in [1.82, 2.24) is 14.9 Å². The molecular formula is C17H29N3O5. The normalized spacial score (nSPS) is 21.0. The Hall–Kier alpha value is -1.67. The number of carbonyl (C=O) groups excluding carboxylic acids is 3. The molecule has 2 fully saturated rings. The van der Waals surface area contributed by atoms with Crippen LogP contribution in [0, 0.1) is 5.92 Å². The largest absolute Gasteiger partial charge is 0.462 e. The fourth-order valence-electron chi connectivity index (χ4n) is 3.17. The topological polar surface area (TPSA) is 79.4 Å². The zero-order valence-electron chi connectivity index (χ0n) is 15.6. The van der Waals surface area contributed by atoms with Crippen LogP contribution in [0.3, 0.4) is 0 Å². The monoisotopic (exact) mass is 355 g/mol. The molecule has 1 amide bonds. The smallest absolute Gasteiger partial charge is 0.396 e. The number of amides is 1. The molecule has 0 aliphatic carbocycles. The van der Waals surface area contributed by atoms with Gasteiger partial charge in [0, 0.05) is 39.3 Å². The summed E-state index contributed by atoms with van der Waals surface area (Å²) in [5, 5.41) is 4.44. The highest BCUT2D eigenvalue weighted by Crippen LogP contribution is 2.23. The van der Waals surface area contributed by atoms with E-state index in [4.69, 9.17) is 4.74 Å². The average Bonchev–Trinajstić information content (AvgIpc) is 2.59. The van der Waals surface area contributed by atoms with Crippen LogP contribution in [0.5, 0.6) is 0 Å². The van der Waals surface area contributed by atoms with Crippen LogP contribution >= 0.6 is 0 Å². The van der Waals surface area contributed by atoms with Crippen LogP contribution in [-0.4, -0.2) is 84.7 Å². The van der Waals surface area contributed by atoms with Gasteiger partial charge in [-0.05, 0) is 33.6 Å². The maximum Gasteiger partial charge on any atom is 0.396 e. The second-order valence-electron chi connectivity index (χ2n) is 7.50. The first kappa shape index (κ1) is 19.7. The molecule has 2 heterocycles. The van der Waals surface area contributed by atoms with Crippen molar-refractivity contribution >= 4 is 17.8 Å². The number of hydrogen-bond donors (Lipinski definition) is 0. The quantitative estimate of drug-likeness (QED) is 0.520. The molecule has 0 N–H and O–H groups in total. The van der Waals surface area contributed by atoms with Gasteiger partial charge in [0.1, 0.15) is 5.60 Å². The Morgan fingerprint density at radius 2 is 1.40 bits per heavy atom. The van der Waals surface area contributed by atoms with Gasteiger partial charge in [0.15, 0.2) is 0 Å². The van der Waals surface area contributed by atoms with Crippen molar-refractivity contribution in [1.29, 1.82) is 0 Å². The van der Waals surface area contributed by atoms with E-state index in [0.29, 0.717) is 26.2 Å². The predicted octanol–water partition coefficient (Wildman–Crippen LogP) is 0.272. The van der Waals surface area contributed by atoms with Crippen molar-refractivity contribution in [2.45, 2.75) is 39.2 Å². The summed E-state index contributed by atoms with van der Waals surface area (Å²) in [5.41, 5.74) is -0.448. The van der Waals surface area contributed by atoms with Gasteiger partial charge in [-0.3, -0.25) is 9.59 Å². The van der Waals surface area contributed by atoms with E-state index in [-0.39, 0.29) is 11.9 Å². The van der Waals surface area contributed by atoms with Crippen molar-refractivity contribution in [3.63, 3.8) is 0 Å². The highest BCUT2D eigenvalue weighted by atomic mass is 16.6. The van der Waals surface area contributed by atoms with Crippen molar-refractivity contribution in [2.75, 3.05) is 46.4 Å². The standard InChI is InChI=1S/C17H29N3O5/c1-17(2,3)25-15(22)13-5-7-19(8-6-13)20-11-9-18(10-12-20)14(21)16(23)24-4/h13H,5-12H2,1-4H3. The van der Waals surface area contributed by atoms with Crippen LogP contribution in [0.1, 0.15) is 33.6 Å². The highest BCUT2D eigenvalue weighted by molar-refractivity contribution is 6.32. The Morgan fingerprint density at radius 1 is 0.880 bits per heavy atom. The maximum atomic E-state index is 12.2. The van der Waals surface area contributed by atoms with Crippen molar-refractivity contribution in [3.8, 4) is 0 Å². The van der Waals surface area contributed by atoms with Gasteiger partial charge in [0.25, 0.3) is 0 Å². The fourth-order valence-corrected chi connectivity index (χ4v) is 3.17. The van der Waals surface area contributed by atoms with Gasteiger partial charge >= 0.3 is 17.8 Å². The lowest BCUT2D eigenvalue weighted by atomic mass is 9.97. The molecule has 0 saturated carbocycles. The first-order chi connectivity index (χ1) is 11.7. The molecule has 2 saturated heterocycles. The molecule has 0 bridgehead atoms. The van der Waals surface area contributed by atoms with E-state index in [0.717, 1.165) is 25.9 Å². The molecule has 0 atom stereocenters. The number of rotatable bonds is 2. The number of ether oxygens (including phenoxy) is 2. The van der Waals surface area contributed by atoms with E-state index < -0.39 is 17.5 Å². The molecule has 0 unspecified atom stereocenters. The van der Waals surface area contributed by atoms with Crippen LogP contribution in [-0.2, 0) is 23.9 Å². The molecule has 25 heavy (non-hydrogen) atoms. The van der Waals surface area contributed by atoms with E-state index in [2.05, 4.69) is 14.8 Å². The Kier molecular flexibility index (Phi) is 6.40. The average molecular weight is 355 g/mol. The van der Waals surface area contributed by atoms with Crippen LogP contribution in [0.2, 0.25) is 0 Å². The summed E-state index contributed by atoms with van der Waals surface area (Å²) in [6.45, 7) is 9.61. The first-order valence-electron chi connectivity index (χ1n) is 8.81. The number of hydrogen-bond acceptors (Lipinski definition) is 7. The zero-order chi connectivity index (χ0) is 18.6. The first-order valence-corrected chi connectivity index (χ1v) is 8.81. The van der Waals surface area contributed by atoms with E-state index in [1.807, 2.05) is 20.8 Å². The predicted molar refractivity (Wildman–Crippen MR) is 90.3 cm³/mol. The molecular weight excluding hydrogens is 326 g/mol. The highest BCUT2D eigenvalue weighted by Gasteiger charge is 2.33. The summed E-state index contributed by atoms with van der Waals surface area (Å²) in [6.07, 6.45) is 1.55. The second-order valence-corrected chi connectivity index (χ2v) is 7.50. The molecule has 2 aliphatic rings. The van der Waals surface area contributed by atoms with Crippen LogP contribution < -0.4 is 0 Å². The molecule has 0 spiro atoms. The molecule has 0 aromatic rings. The summed E-state index contributed by atoms with van der Waals surface area (Å²) in [4.78, 5) is 36.8. The van der Waals surface area contributed by atoms with E-state index in [9.17, 15) is 14.4 Å². The van der Waals surface area contributed by atoms with Gasteiger partial charge in [-0.15, -0.1) is 0 Å². The number of piperazine rings is 1. The summed E-state index contributed by atoms with van der Waals surface area (Å²) in [7, 11) is 1.21. The van der Waals surface area contributed by atoms with Gasteiger partial charge < -0.3 is 14.4 Å². The summed E-state index contributed by atoms with van der Waals surface area (Å²) >= 11 is 0. The number of methoxy groups -OCH3 is 1. The second kappa shape index (κ2) is 8.14. The summed E-state index contributed by atoms with van der Waals surface area (Å²) in [5.74, 6) is -1.55. The Labute approximate surface area is 149 Å². The van der Waals surface area contributed by atoms with Gasteiger partial charge in [-0.25, -0.2) is 14.8 Å². The molecule has 0 radical (unpaired) electrons. The summed E-state index contributed by atoms with van der Waals surface area (Å²) in [6, 6.07) is 0. The third-order valence-electron chi connectivity index (χ3n) is 4.51. The van der Waals surface area contributed by atoms with Gasteiger partial charge in [-0.2, -0.15) is 0 Å². The number of piperidine rings is 1. The van der Waals surface area contributed by atoms with Crippen LogP contribution in [0.25, 0.3) is 0 Å². The van der Waals surface area contributed by atoms with Gasteiger partial charge in [0.05, 0.1) is 13.0 Å². The van der Waals surface area contributed by atoms with Gasteiger partial charge in [0.2, 0.25) is 0 Å². The fraction of sp³-hybridized carbons (Fsp3) is 0.824. The van der Waals surface area contributed by atoms with Crippen LogP contribution in [0.4, 0.5) is 0 Å². The molecule has 0 aromatic carbocycles. The molecule has 142 valence electrons. The Morgan fingerprint density at radius 3 is 1.88 bits per heavy atom. The van der Waals surface area contributed by atoms with Crippen molar-refractivity contribution in [3.05, 3.63) is 0 Å². The van der Waals surface area contributed by atoms with Crippen molar-refractivity contribution in [2.24, 2.45) is 5.92 Å². The third kappa shape index (κ3) is 5.40. The lowest BCUT2D eigenvalue weighted by molar-refractivity contribution is -0.165. The molecule has 8 heteroatoms.